The Kier molecular flexibility index (Phi) is 4.60. The molecule has 0 saturated heterocycles. The van der Waals surface area contributed by atoms with Crippen LogP contribution in [-0.4, -0.2) is 19.5 Å². The van der Waals surface area contributed by atoms with E-state index in [-0.39, 0.29) is 0 Å². The Labute approximate surface area is 220 Å². The molecule has 2 aromatic heterocycles. The molecule has 0 saturated carbocycles. The van der Waals surface area contributed by atoms with Gasteiger partial charge in [0.15, 0.2) is 0 Å². The van der Waals surface area contributed by atoms with Gasteiger partial charge in [-0.15, -0.1) is 0 Å². The van der Waals surface area contributed by atoms with Gasteiger partial charge in [-0.3, -0.25) is 0 Å². The monoisotopic (exact) mass is 535 g/mol. The summed E-state index contributed by atoms with van der Waals surface area (Å²) in [5, 5.41) is 10.4. The molecular weight excluding hydrogens is 513 g/mol. The van der Waals surface area contributed by atoms with Crippen molar-refractivity contribution in [3.63, 3.8) is 0 Å². The van der Waals surface area contributed by atoms with Crippen LogP contribution in [0.5, 0.6) is 0 Å². The van der Waals surface area contributed by atoms with Crippen molar-refractivity contribution in [3.05, 3.63) is 128 Å². The van der Waals surface area contributed by atoms with E-state index in [9.17, 15) is 0 Å². The second kappa shape index (κ2) is 8.14. The summed E-state index contributed by atoms with van der Waals surface area (Å²) in [7, 11) is 0. The van der Waals surface area contributed by atoms with Crippen molar-refractivity contribution in [1.82, 2.24) is 4.98 Å². The first-order chi connectivity index (χ1) is 18.3. The molecule has 0 radical (unpaired) electrons. The molecule has 6 aromatic carbocycles. The predicted octanol–water partition coefficient (Wildman–Crippen LogP) is 9.24. The SMILES string of the molecule is c1cc(-c2ccc3c4ccccc4c4cnccc4c3c2)cc(-c2cccc3c2[se]c2ccccc23)c1. The van der Waals surface area contributed by atoms with E-state index < -0.39 is 0 Å². The number of fused-ring (bicyclic) bond motifs is 9. The summed E-state index contributed by atoms with van der Waals surface area (Å²) in [4.78, 5) is 4.44. The number of rotatable bonds is 2. The van der Waals surface area contributed by atoms with Gasteiger partial charge in [-0.2, -0.15) is 0 Å². The summed E-state index contributed by atoms with van der Waals surface area (Å²) in [6.45, 7) is 0. The zero-order valence-corrected chi connectivity index (χ0v) is 21.7. The van der Waals surface area contributed by atoms with E-state index >= 15 is 0 Å². The fraction of sp³-hybridized carbons (Fsp3) is 0. The van der Waals surface area contributed by atoms with Gasteiger partial charge in [0, 0.05) is 0 Å². The van der Waals surface area contributed by atoms with E-state index in [1.54, 1.807) is 0 Å². The van der Waals surface area contributed by atoms with Gasteiger partial charge in [0.05, 0.1) is 0 Å². The molecular formula is C35H21NSe. The van der Waals surface area contributed by atoms with Crippen LogP contribution in [0.25, 0.3) is 73.9 Å². The predicted molar refractivity (Wildman–Crippen MR) is 160 cm³/mol. The summed E-state index contributed by atoms with van der Waals surface area (Å²) in [5.41, 5.74) is 5.13. The van der Waals surface area contributed by atoms with Crippen molar-refractivity contribution in [1.29, 1.82) is 0 Å². The molecule has 0 amide bonds. The number of benzene rings is 6. The topological polar surface area (TPSA) is 12.9 Å². The first kappa shape index (κ1) is 20.9. The van der Waals surface area contributed by atoms with Gasteiger partial charge in [-0.05, 0) is 0 Å². The minimum absolute atomic E-state index is 0.329. The van der Waals surface area contributed by atoms with E-state index in [0.29, 0.717) is 14.5 Å². The fourth-order valence-electron chi connectivity index (χ4n) is 5.82. The molecule has 172 valence electrons. The maximum atomic E-state index is 4.44. The number of aromatic nitrogens is 1. The Morgan fingerprint density at radius 1 is 0.432 bits per heavy atom. The molecule has 8 rings (SSSR count). The van der Waals surface area contributed by atoms with Gasteiger partial charge in [0.25, 0.3) is 0 Å². The third-order valence-electron chi connectivity index (χ3n) is 7.55. The first-order valence-electron chi connectivity index (χ1n) is 12.5. The number of hydrogen-bond acceptors (Lipinski definition) is 1. The van der Waals surface area contributed by atoms with E-state index in [1.807, 2.05) is 12.4 Å². The van der Waals surface area contributed by atoms with Crippen LogP contribution in [0.1, 0.15) is 0 Å². The van der Waals surface area contributed by atoms with Crippen LogP contribution in [0.15, 0.2) is 128 Å². The molecule has 2 heterocycles. The van der Waals surface area contributed by atoms with Crippen LogP contribution in [0.2, 0.25) is 0 Å². The summed E-state index contributed by atoms with van der Waals surface area (Å²) in [5.74, 6) is 0. The van der Waals surface area contributed by atoms with E-state index in [2.05, 4.69) is 120 Å². The Hall–Kier alpha value is -4.23. The third-order valence-corrected chi connectivity index (χ3v) is 10.1. The molecule has 1 nitrogen and oxygen atoms in total. The van der Waals surface area contributed by atoms with Crippen molar-refractivity contribution < 1.29 is 0 Å². The van der Waals surface area contributed by atoms with Crippen molar-refractivity contribution >= 4 is 66.1 Å². The molecule has 0 fully saturated rings. The zero-order valence-electron chi connectivity index (χ0n) is 20.0. The van der Waals surface area contributed by atoms with Crippen LogP contribution in [0.4, 0.5) is 0 Å². The Morgan fingerprint density at radius 2 is 1.11 bits per heavy atom. The second-order valence-electron chi connectivity index (χ2n) is 9.59. The molecule has 0 N–H and O–H groups in total. The first-order valence-corrected chi connectivity index (χ1v) is 14.3. The normalized spacial score (nSPS) is 11.8. The van der Waals surface area contributed by atoms with Gasteiger partial charge in [-0.25, -0.2) is 0 Å². The fourth-order valence-corrected chi connectivity index (χ4v) is 8.42. The van der Waals surface area contributed by atoms with Crippen LogP contribution in [0.3, 0.4) is 0 Å². The average molecular weight is 535 g/mol. The van der Waals surface area contributed by atoms with Crippen LogP contribution in [0, 0.1) is 0 Å². The molecule has 0 spiro atoms. The molecule has 0 aliphatic heterocycles. The van der Waals surface area contributed by atoms with Gasteiger partial charge in [-0.1, -0.05) is 6.07 Å². The van der Waals surface area contributed by atoms with Gasteiger partial charge in [0.1, 0.15) is 0 Å². The van der Waals surface area contributed by atoms with Crippen molar-refractivity contribution in [3.8, 4) is 22.3 Å². The average Bonchev–Trinajstić information content (AvgIpc) is 3.36. The molecule has 0 atom stereocenters. The van der Waals surface area contributed by atoms with Crippen molar-refractivity contribution in [2.75, 3.05) is 0 Å². The molecule has 2 heteroatoms. The van der Waals surface area contributed by atoms with Crippen molar-refractivity contribution in [2.45, 2.75) is 0 Å². The van der Waals surface area contributed by atoms with Gasteiger partial charge in [0.2, 0.25) is 0 Å². The van der Waals surface area contributed by atoms with Crippen LogP contribution >= 0.6 is 0 Å². The number of pyridine rings is 1. The molecule has 8 aromatic rings. The number of nitrogens with zero attached hydrogens (tertiary/aromatic N) is 1. The summed E-state index contributed by atoms with van der Waals surface area (Å²) >= 11 is 0.329. The number of hydrogen-bond donors (Lipinski definition) is 0. The third kappa shape index (κ3) is 3.20. The second-order valence-corrected chi connectivity index (χ2v) is 11.8. The minimum atomic E-state index is 0.329. The molecule has 0 unspecified atom stereocenters. The summed E-state index contributed by atoms with van der Waals surface area (Å²) in [6.07, 6.45) is 3.90. The van der Waals surface area contributed by atoms with E-state index in [1.165, 1.54) is 73.9 Å². The summed E-state index contributed by atoms with van der Waals surface area (Å²) in [6, 6.07) is 42.4. The molecule has 37 heavy (non-hydrogen) atoms. The standard InChI is InChI=1S/C35H21NSe/c1-2-10-27-26(9-1)28-16-15-23(20-32(28)29-17-18-36-21-33(27)29)22-7-5-8-24(19-22)25-12-6-13-31-30-11-3-4-14-34(30)37-35(25)31/h1-21H. The molecule has 0 aliphatic carbocycles. The molecule has 0 aliphatic rings. The maximum absolute atomic E-state index is 4.44. The van der Waals surface area contributed by atoms with E-state index in [0.717, 1.165) is 0 Å². The summed E-state index contributed by atoms with van der Waals surface area (Å²) < 4.78 is 2.98. The quantitative estimate of drug-likeness (QED) is 0.159. The van der Waals surface area contributed by atoms with Crippen LogP contribution < -0.4 is 0 Å². The van der Waals surface area contributed by atoms with Crippen molar-refractivity contribution in [2.24, 2.45) is 0 Å². The zero-order chi connectivity index (χ0) is 24.3. The van der Waals surface area contributed by atoms with E-state index in [4.69, 9.17) is 0 Å². The molecule has 0 bridgehead atoms. The van der Waals surface area contributed by atoms with Crippen LogP contribution in [-0.2, 0) is 0 Å². The Balaban J connectivity index is 1.34. The van der Waals surface area contributed by atoms with Gasteiger partial charge >= 0.3 is 215 Å². The Bertz CT molecular complexity index is 2120. The van der Waals surface area contributed by atoms with Gasteiger partial charge < -0.3 is 0 Å². The Morgan fingerprint density at radius 3 is 2.03 bits per heavy atom.